The molecule has 1 saturated heterocycles. The number of carbonyl (C=O) groups excluding carboxylic acids is 2. The molecule has 0 aliphatic carbocycles. The summed E-state index contributed by atoms with van der Waals surface area (Å²) in [5, 5.41) is 13.7. The number of hydrogen-bond acceptors (Lipinski definition) is 6. The molecule has 5 N–H and O–H groups in total. The predicted molar refractivity (Wildman–Crippen MR) is 136 cm³/mol. The highest BCUT2D eigenvalue weighted by molar-refractivity contribution is 5.96. The molecule has 3 aromatic rings. The second-order valence-corrected chi connectivity index (χ2v) is 8.27. The van der Waals surface area contributed by atoms with Gasteiger partial charge in [0.05, 0.1) is 6.54 Å². The van der Waals surface area contributed by atoms with Gasteiger partial charge in [-0.15, -0.1) is 0 Å². The maximum Gasteiger partial charge on any atom is 0.247 e. The Bertz CT molecular complexity index is 1160. The summed E-state index contributed by atoms with van der Waals surface area (Å²) in [6.45, 7) is 2.56. The van der Waals surface area contributed by atoms with Gasteiger partial charge in [0.2, 0.25) is 11.8 Å². The first-order valence-corrected chi connectivity index (χ1v) is 11.5. The highest BCUT2D eigenvalue weighted by atomic mass is 16.2. The van der Waals surface area contributed by atoms with Crippen molar-refractivity contribution in [3.63, 3.8) is 0 Å². The lowest BCUT2D eigenvalue weighted by atomic mass is 10.1. The molecule has 2 heterocycles. The van der Waals surface area contributed by atoms with Gasteiger partial charge in [0.25, 0.3) is 0 Å². The van der Waals surface area contributed by atoms with Gasteiger partial charge < -0.3 is 26.2 Å². The zero-order valence-electron chi connectivity index (χ0n) is 19.4. The van der Waals surface area contributed by atoms with E-state index >= 15 is 0 Å². The number of nitrogen functional groups attached to an aromatic ring is 1. The fourth-order valence-corrected chi connectivity index (χ4v) is 4.03. The van der Waals surface area contributed by atoms with Gasteiger partial charge in [0.15, 0.2) is 0 Å². The minimum absolute atomic E-state index is 0.0519. The minimum Gasteiger partial charge on any atom is -0.384 e. The maximum atomic E-state index is 13.2. The molecule has 0 spiro atoms. The number of carbonyl (C=O) groups is 2. The van der Waals surface area contributed by atoms with Crippen molar-refractivity contribution >= 4 is 29.0 Å². The first-order chi connectivity index (χ1) is 17.0. The Labute approximate surface area is 204 Å². The molecule has 1 unspecified atom stereocenters. The third-order valence-corrected chi connectivity index (χ3v) is 5.95. The molecule has 180 valence electrons. The summed E-state index contributed by atoms with van der Waals surface area (Å²) < 4.78 is 0. The van der Waals surface area contributed by atoms with E-state index in [1.54, 1.807) is 35.5 Å². The number of nitrogens with zero attached hydrogens (tertiary/aromatic N) is 3. The first-order valence-electron chi connectivity index (χ1n) is 11.5. The van der Waals surface area contributed by atoms with Gasteiger partial charge in [-0.2, -0.15) is 0 Å². The highest BCUT2D eigenvalue weighted by Crippen LogP contribution is 2.21. The molecule has 0 saturated carbocycles. The SMILES string of the molecule is N=C(N)c1cccc(NC(C(=O)NCC(=O)N2CCN(c3ccncc3)CC2)c2ccccc2)c1. The zero-order chi connectivity index (χ0) is 24.6. The summed E-state index contributed by atoms with van der Waals surface area (Å²) >= 11 is 0. The Hall–Kier alpha value is -4.40. The van der Waals surface area contributed by atoms with Crippen molar-refractivity contribution in [1.82, 2.24) is 15.2 Å². The van der Waals surface area contributed by atoms with E-state index in [2.05, 4.69) is 20.5 Å². The van der Waals surface area contributed by atoms with Crippen LogP contribution in [0, 0.1) is 5.41 Å². The van der Waals surface area contributed by atoms with E-state index in [1.165, 1.54) is 0 Å². The van der Waals surface area contributed by atoms with E-state index in [4.69, 9.17) is 11.1 Å². The molecule has 0 radical (unpaired) electrons. The van der Waals surface area contributed by atoms with Gasteiger partial charge in [-0.1, -0.05) is 42.5 Å². The summed E-state index contributed by atoms with van der Waals surface area (Å²) in [6, 6.07) is 19.5. The fourth-order valence-electron chi connectivity index (χ4n) is 4.03. The molecule has 9 nitrogen and oxygen atoms in total. The molecule has 1 aromatic heterocycles. The van der Waals surface area contributed by atoms with Crippen LogP contribution in [-0.4, -0.2) is 60.3 Å². The number of nitrogens with one attached hydrogen (secondary N) is 3. The topological polar surface area (TPSA) is 127 Å². The average molecular weight is 472 g/mol. The van der Waals surface area contributed by atoms with Crippen molar-refractivity contribution in [2.75, 3.05) is 42.9 Å². The lowest BCUT2D eigenvalue weighted by molar-refractivity contribution is -0.133. The molecule has 2 amide bonds. The van der Waals surface area contributed by atoms with E-state index < -0.39 is 6.04 Å². The smallest absolute Gasteiger partial charge is 0.247 e. The Morgan fingerprint density at radius 3 is 2.37 bits per heavy atom. The van der Waals surface area contributed by atoms with Crippen LogP contribution in [0.5, 0.6) is 0 Å². The van der Waals surface area contributed by atoms with Crippen molar-refractivity contribution in [3.8, 4) is 0 Å². The normalized spacial score (nSPS) is 14.2. The second-order valence-electron chi connectivity index (χ2n) is 8.27. The first kappa shape index (κ1) is 23.7. The zero-order valence-corrected chi connectivity index (χ0v) is 19.4. The Morgan fingerprint density at radius 2 is 1.69 bits per heavy atom. The largest absolute Gasteiger partial charge is 0.384 e. The van der Waals surface area contributed by atoms with Crippen molar-refractivity contribution in [3.05, 3.63) is 90.3 Å². The van der Waals surface area contributed by atoms with Crippen LogP contribution in [0.25, 0.3) is 0 Å². The number of hydrogen-bond donors (Lipinski definition) is 4. The number of nitrogens with two attached hydrogens (primary N) is 1. The van der Waals surface area contributed by atoms with Crippen molar-refractivity contribution in [2.45, 2.75) is 6.04 Å². The number of amides is 2. The monoisotopic (exact) mass is 471 g/mol. The van der Waals surface area contributed by atoms with Gasteiger partial charge in [0.1, 0.15) is 11.9 Å². The molecule has 1 aliphatic rings. The second kappa shape index (κ2) is 11.1. The number of amidine groups is 1. The minimum atomic E-state index is -0.713. The van der Waals surface area contributed by atoms with Crippen molar-refractivity contribution in [2.24, 2.45) is 5.73 Å². The van der Waals surface area contributed by atoms with E-state index in [-0.39, 0.29) is 24.2 Å². The van der Waals surface area contributed by atoms with E-state index in [1.807, 2.05) is 48.5 Å². The molecule has 1 fully saturated rings. The predicted octanol–water partition coefficient (Wildman–Crippen LogP) is 1.98. The molecule has 35 heavy (non-hydrogen) atoms. The third kappa shape index (κ3) is 6.14. The Balaban J connectivity index is 1.37. The van der Waals surface area contributed by atoms with Crippen molar-refractivity contribution in [1.29, 1.82) is 5.41 Å². The van der Waals surface area contributed by atoms with Crippen molar-refractivity contribution < 1.29 is 9.59 Å². The number of anilines is 2. The van der Waals surface area contributed by atoms with Gasteiger partial charge in [-0.05, 0) is 29.8 Å². The number of benzene rings is 2. The van der Waals surface area contributed by atoms with E-state index in [0.29, 0.717) is 24.3 Å². The lowest BCUT2D eigenvalue weighted by Crippen LogP contribution is -2.51. The molecule has 0 bridgehead atoms. The molecule has 1 atom stereocenters. The average Bonchev–Trinajstić information content (AvgIpc) is 2.91. The maximum absolute atomic E-state index is 13.2. The summed E-state index contributed by atoms with van der Waals surface area (Å²) in [4.78, 5) is 34.0. The summed E-state index contributed by atoms with van der Waals surface area (Å²) in [5.41, 5.74) is 8.67. The number of rotatable bonds is 8. The van der Waals surface area contributed by atoms with Gasteiger partial charge >= 0.3 is 0 Å². The van der Waals surface area contributed by atoms with E-state index in [9.17, 15) is 9.59 Å². The molecule has 4 rings (SSSR count). The summed E-state index contributed by atoms with van der Waals surface area (Å²) in [5.74, 6) is -0.477. The van der Waals surface area contributed by atoms with Gasteiger partial charge in [-0.25, -0.2) is 0 Å². The molecular formula is C26H29N7O2. The fraction of sp³-hybridized carbons (Fsp3) is 0.231. The summed E-state index contributed by atoms with van der Waals surface area (Å²) in [7, 11) is 0. The molecule has 9 heteroatoms. The number of piperazine rings is 1. The van der Waals surface area contributed by atoms with Crippen LogP contribution in [0.1, 0.15) is 17.2 Å². The van der Waals surface area contributed by atoms with Crippen LogP contribution < -0.4 is 21.3 Å². The number of pyridine rings is 1. The van der Waals surface area contributed by atoms with Crippen LogP contribution in [0.15, 0.2) is 79.1 Å². The van der Waals surface area contributed by atoms with Crippen LogP contribution in [-0.2, 0) is 9.59 Å². The third-order valence-electron chi connectivity index (χ3n) is 5.95. The van der Waals surface area contributed by atoms with Gasteiger partial charge in [-0.3, -0.25) is 20.0 Å². The van der Waals surface area contributed by atoms with Crippen LogP contribution in [0.3, 0.4) is 0 Å². The van der Waals surface area contributed by atoms with Gasteiger partial charge in [0, 0.05) is 55.5 Å². The molecule has 2 aromatic carbocycles. The lowest BCUT2D eigenvalue weighted by Gasteiger charge is -2.36. The number of aromatic nitrogens is 1. The summed E-state index contributed by atoms with van der Waals surface area (Å²) in [6.07, 6.45) is 3.52. The molecule has 1 aliphatic heterocycles. The van der Waals surface area contributed by atoms with Crippen LogP contribution in [0.4, 0.5) is 11.4 Å². The van der Waals surface area contributed by atoms with Crippen LogP contribution >= 0.6 is 0 Å². The quantitative estimate of drug-likeness (QED) is 0.294. The van der Waals surface area contributed by atoms with Crippen LogP contribution in [0.2, 0.25) is 0 Å². The standard InChI is InChI=1S/C26H29N7O2/c27-25(28)20-7-4-8-21(17-20)31-24(19-5-2-1-3-6-19)26(35)30-18-23(34)33-15-13-32(14-16-33)22-9-11-29-12-10-22/h1-12,17,24,31H,13-16,18H2,(H3,27,28)(H,30,35). The highest BCUT2D eigenvalue weighted by Gasteiger charge is 2.24. The molecular weight excluding hydrogens is 442 g/mol. The van der Waals surface area contributed by atoms with E-state index in [0.717, 1.165) is 24.3 Å². The Morgan fingerprint density at radius 1 is 0.971 bits per heavy atom. The Kier molecular flexibility index (Phi) is 7.57.